The molecule has 0 aromatic carbocycles. The summed E-state index contributed by atoms with van der Waals surface area (Å²) in [5.41, 5.74) is 5.25. The second-order valence-electron chi connectivity index (χ2n) is 2.47. The Morgan fingerprint density at radius 2 is 2.08 bits per heavy atom. The van der Waals surface area contributed by atoms with E-state index in [4.69, 9.17) is 34.4 Å². The molecule has 0 aliphatic rings. The summed E-state index contributed by atoms with van der Waals surface area (Å²) in [6, 6.07) is -0.774. The number of hydrogen-bond donors (Lipinski definition) is 2. The lowest BCUT2D eigenvalue weighted by Crippen LogP contribution is -2.29. The number of nitrogens with two attached hydrogens (primary N) is 1. The third-order valence-electron chi connectivity index (χ3n) is 1.41. The maximum Gasteiger partial charge on any atom is 0.320 e. The molecule has 4 nitrogen and oxygen atoms in total. The van der Waals surface area contributed by atoms with Crippen LogP contribution in [0, 0.1) is 0 Å². The monoisotopic (exact) mass is 214 g/mol. The molecule has 0 spiro atoms. The Morgan fingerprint density at radius 1 is 1.50 bits per heavy atom. The van der Waals surface area contributed by atoms with Crippen LogP contribution in [-0.2, 0) is 4.79 Å². The first-order chi connectivity index (χ1) is 5.54. The van der Waals surface area contributed by atoms with Crippen LogP contribution in [0.5, 0.6) is 0 Å². The highest BCUT2D eigenvalue weighted by Crippen LogP contribution is 2.05. The van der Waals surface area contributed by atoms with Crippen molar-refractivity contribution >= 4 is 29.5 Å². The van der Waals surface area contributed by atoms with Crippen molar-refractivity contribution in [2.45, 2.75) is 25.3 Å². The standard InChI is InChI=1S/C6H12Cl2N2O2/c7-10(8)4-2-1-3-5(9)6(11)12/h5H,1-4,9H2,(H,11,12)/t5-/m0/s1. The number of halogens is 2. The number of hydrogen-bond acceptors (Lipinski definition) is 3. The fourth-order valence-corrected chi connectivity index (χ4v) is 0.958. The Labute approximate surface area is 81.4 Å². The first-order valence-electron chi connectivity index (χ1n) is 3.61. The molecule has 1 atom stereocenters. The van der Waals surface area contributed by atoms with Crippen molar-refractivity contribution < 1.29 is 9.90 Å². The fourth-order valence-electron chi connectivity index (χ4n) is 0.719. The minimum atomic E-state index is -0.969. The van der Waals surface area contributed by atoms with Crippen LogP contribution in [0.2, 0.25) is 0 Å². The molecule has 0 rings (SSSR count). The van der Waals surface area contributed by atoms with Crippen LogP contribution >= 0.6 is 23.6 Å². The molecule has 0 unspecified atom stereocenters. The average molecular weight is 215 g/mol. The molecular formula is C6H12Cl2N2O2. The summed E-state index contributed by atoms with van der Waals surface area (Å²) in [5.74, 6) is -0.969. The van der Waals surface area contributed by atoms with E-state index in [1.807, 2.05) is 0 Å². The minimum Gasteiger partial charge on any atom is -0.480 e. The largest absolute Gasteiger partial charge is 0.480 e. The molecule has 0 heterocycles. The highest BCUT2D eigenvalue weighted by atomic mass is 35.5. The molecule has 0 aliphatic carbocycles. The average Bonchev–Trinajstić information content (AvgIpc) is 1.97. The topological polar surface area (TPSA) is 66.6 Å². The van der Waals surface area contributed by atoms with Crippen molar-refractivity contribution in [2.24, 2.45) is 5.73 Å². The maximum atomic E-state index is 10.2. The molecule has 0 saturated heterocycles. The first-order valence-corrected chi connectivity index (χ1v) is 4.29. The van der Waals surface area contributed by atoms with Crippen molar-refractivity contribution in [3.63, 3.8) is 0 Å². The van der Waals surface area contributed by atoms with E-state index in [-0.39, 0.29) is 0 Å². The summed E-state index contributed by atoms with van der Waals surface area (Å²) in [6.45, 7) is 0.523. The fraction of sp³-hybridized carbons (Fsp3) is 0.833. The van der Waals surface area contributed by atoms with Crippen molar-refractivity contribution in [1.82, 2.24) is 3.94 Å². The van der Waals surface area contributed by atoms with Gasteiger partial charge in [0.2, 0.25) is 0 Å². The van der Waals surface area contributed by atoms with E-state index < -0.39 is 12.0 Å². The maximum absolute atomic E-state index is 10.2. The van der Waals surface area contributed by atoms with Gasteiger partial charge in [-0.25, -0.2) is 0 Å². The van der Waals surface area contributed by atoms with Gasteiger partial charge in [0.1, 0.15) is 6.04 Å². The second kappa shape index (κ2) is 6.48. The smallest absolute Gasteiger partial charge is 0.320 e. The van der Waals surface area contributed by atoms with E-state index in [2.05, 4.69) is 0 Å². The van der Waals surface area contributed by atoms with Gasteiger partial charge in [0, 0.05) is 6.54 Å². The zero-order valence-electron chi connectivity index (χ0n) is 6.54. The lowest BCUT2D eigenvalue weighted by molar-refractivity contribution is -0.138. The number of carbonyl (C=O) groups is 1. The number of carboxylic acids is 1. The SMILES string of the molecule is N[C@@H](CCCCN(Cl)Cl)C(=O)O. The molecule has 6 heteroatoms. The molecule has 12 heavy (non-hydrogen) atoms. The van der Waals surface area contributed by atoms with E-state index >= 15 is 0 Å². The van der Waals surface area contributed by atoms with Gasteiger partial charge in [-0.2, -0.15) is 0 Å². The van der Waals surface area contributed by atoms with Gasteiger partial charge in [-0.1, -0.05) is 0 Å². The summed E-state index contributed by atoms with van der Waals surface area (Å²) in [4.78, 5) is 10.2. The summed E-state index contributed by atoms with van der Waals surface area (Å²) in [7, 11) is 0. The molecule has 0 bridgehead atoms. The Morgan fingerprint density at radius 3 is 2.50 bits per heavy atom. The number of unbranched alkanes of at least 4 members (excludes halogenated alkanes) is 1. The van der Waals surface area contributed by atoms with Gasteiger partial charge in [0.25, 0.3) is 0 Å². The highest BCUT2D eigenvalue weighted by molar-refractivity contribution is 6.33. The van der Waals surface area contributed by atoms with E-state index in [1.54, 1.807) is 0 Å². The number of aliphatic carboxylic acids is 1. The van der Waals surface area contributed by atoms with E-state index in [9.17, 15) is 4.79 Å². The molecule has 0 amide bonds. The second-order valence-corrected chi connectivity index (χ2v) is 3.46. The molecule has 3 N–H and O–H groups in total. The predicted molar refractivity (Wildman–Crippen MR) is 47.9 cm³/mol. The molecule has 0 fully saturated rings. The van der Waals surface area contributed by atoms with Crippen LogP contribution in [0.1, 0.15) is 19.3 Å². The molecule has 0 aromatic heterocycles. The predicted octanol–water partition coefficient (Wildman–Crippen LogP) is 1.18. The molecule has 0 radical (unpaired) electrons. The van der Waals surface area contributed by atoms with Crippen LogP contribution in [-0.4, -0.2) is 27.6 Å². The Balaban J connectivity index is 3.25. The Bertz CT molecular complexity index is 144. The van der Waals surface area contributed by atoms with E-state index in [0.29, 0.717) is 19.4 Å². The van der Waals surface area contributed by atoms with Crippen molar-refractivity contribution in [3.05, 3.63) is 0 Å². The van der Waals surface area contributed by atoms with Crippen LogP contribution in [0.4, 0.5) is 0 Å². The van der Waals surface area contributed by atoms with Gasteiger partial charge in [-0.15, -0.1) is 3.94 Å². The third-order valence-corrected chi connectivity index (χ3v) is 1.75. The molecular weight excluding hydrogens is 203 g/mol. The van der Waals surface area contributed by atoms with Gasteiger partial charge in [-0.3, -0.25) is 4.79 Å². The van der Waals surface area contributed by atoms with Crippen molar-refractivity contribution in [1.29, 1.82) is 0 Å². The van der Waals surface area contributed by atoms with Crippen LogP contribution in [0.3, 0.4) is 0 Å². The first kappa shape index (κ1) is 12.0. The van der Waals surface area contributed by atoms with Gasteiger partial charge < -0.3 is 10.8 Å². The van der Waals surface area contributed by atoms with Crippen molar-refractivity contribution in [3.8, 4) is 0 Å². The lowest BCUT2D eigenvalue weighted by Gasteiger charge is -2.06. The van der Waals surface area contributed by atoms with Crippen molar-refractivity contribution in [2.75, 3.05) is 6.54 Å². The van der Waals surface area contributed by atoms with Crippen LogP contribution < -0.4 is 5.73 Å². The normalized spacial score (nSPS) is 13.3. The molecule has 0 aliphatic heterocycles. The molecule has 0 aromatic rings. The molecule has 0 saturated carbocycles. The van der Waals surface area contributed by atoms with Gasteiger partial charge >= 0.3 is 5.97 Å². The number of nitrogens with zero attached hydrogens (tertiary/aromatic N) is 1. The van der Waals surface area contributed by atoms with Gasteiger partial charge in [0.15, 0.2) is 0 Å². The lowest BCUT2D eigenvalue weighted by atomic mass is 10.1. The van der Waals surface area contributed by atoms with E-state index in [1.165, 1.54) is 0 Å². The zero-order chi connectivity index (χ0) is 9.56. The number of carboxylic acid groups (broad SMARTS) is 1. The number of rotatable bonds is 6. The Hall–Kier alpha value is -0.0300. The van der Waals surface area contributed by atoms with Crippen LogP contribution in [0.25, 0.3) is 0 Å². The van der Waals surface area contributed by atoms with Crippen LogP contribution in [0.15, 0.2) is 0 Å². The van der Waals surface area contributed by atoms with Gasteiger partial charge in [0.05, 0.1) is 0 Å². The van der Waals surface area contributed by atoms with E-state index in [0.717, 1.165) is 10.4 Å². The minimum absolute atomic E-state index is 0.455. The highest BCUT2D eigenvalue weighted by Gasteiger charge is 2.10. The third kappa shape index (κ3) is 6.67. The summed E-state index contributed by atoms with van der Waals surface area (Å²) >= 11 is 10.6. The summed E-state index contributed by atoms with van der Waals surface area (Å²) < 4.78 is 1.02. The summed E-state index contributed by atoms with van der Waals surface area (Å²) in [6.07, 6.45) is 1.91. The molecule has 72 valence electrons. The Kier molecular flexibility index (Phi) is 6.47. The van der Waals surface area contributed by atoms with Gasteiger partial charge in [-0.05, 0) is 42.8 Å². The zero-order valence-corrected chi connectivity index (χ0v) is 8.05. The summed E-state index contributed by atoms with van der Waals surface area (Å²) in [5, 5.41) is 8.40. The quantitative estimate of drug-likeness (QED) is 0.515.